The van der Waals surface area contributed by atoms with Crippen molar-refractivity contribution in [3.8, 4) is 11.1 Å². The molecule has 1 aliphatic heterocycles. The first-order chi connectivity index (χ1) is 12.0. The predicted molar refractivity (Wildman–Crippen MR) is 107 cm³/mol. The van der Waals surface area contributed by atoms with E-state index in [-0.39, 0.29) is 27.3 Å². The third-order valence-electron chi connectivity index (χ3n) is 4.61. The molecule has 2 aromatic rings. The number of ketones is 1. The number of hydrogen-bond donors (Lipinski definition) is 0. The summed E-state index contributed by atoms with van der Waals surface area (Å²) in [6.45, 7) is 8.15. The quantitative estimate of drug-likeness (QED) is 0.592. The lowest BCUT2D eigenvalue weighted by Gasteiger charge is -2.31. The summed E-state index contributed by atoms with van der Waals surface area (Å²) in [4.78, 5) is 13.3. The second-order valence-electron chi connectivity index (χ2n) is 7.61. The summed E-state index contributed by atoms with van der Waals surface area (Å²) < 4.78 is 5.51. The van der Waals surface area contributed by atoms with Crippen molar-refractivity contribution in [3.63, 3.8) is 0 Å². The van der Waals surface area contributed by atoms with Gasteiger partial charge in [0.1, 0.15) is 11.5 Å². The van der Waals surface area contributed by atoms with E-state index in [0.29, 0.717) is 0 Å². The number of rotatable bonds is 4. The Morgan fingerprint density at radius 3 is 2.04 bits per heavy atom. The van der Waals surface area contributed by atoms with Crippen molar-refractivity contribution in [1.82, 2.24) is 0 Å². The zero-order valence-electron chi connectivity index (χ0n) is 15.3. The summed E-state index contributed by atoms with van der Waals surface area (Å²) in [7, 11) is 0.102. The largest absolute Gasteiger partial charge is 0.372 e. The molecule has 3 heteroatoms. The van der Waals surface area contributed by atoms with Gasteiger partial charge in [-0.15, -0.1) is 0 Å². The van der Waals surface area contributed by atoms with Gasteiger partial charge in [-0.25, -0.2) is 0 Å². The Morgan fingerprint density at radius 1 is 0.920 bits per heavy atom. The van der Waals surface area contributed by atoms with Crippen LogP contribution in [-0.4, -0.2) is 35.8 Å². The first kappa shape index (κ1) is 18.2. The van der Waals surface area contributed by atoms with Crippen LogP contribution in [-0.2, 0) is 15.6 Å². The Balaban J connectivity index is 1.84. The van der Waals surface area contributed by atoms with Crippen LogP contribution in [0.15, 0.2) is 54.6 Å². The standard InChI is InChI=1S/C22H27O2S/c1-22(2,3)21(25-15-13-24-14-16-25)20(23)19-11-9-18(10-12-19)17-7-5-4-6-8-17/h4-12,21H,13-16H2,1-3H3/q+1. The number of hydrogen-bond acceptors (Lipinski definition) is 2. The molecule has 0 amide bonds. The van der Waals surface area contributed by atoms with Gasteiger partial charge in [-0.3, -0.25) is 4.79 Å². The van der Waals surface area contributed by atoms with Crippen LogP contribution in [0.4, 0.5) is 0 Å². The zero-order chi connectivity index (χ0) is 17.9. The Labute approximate surface area is 153 Å². The van der Waals surface area contributed by atoms with Gasteiger partial charge in [0.25, 0.3) is 0 Å². The molecule has 0 bridgehead atoms. The molecule has 25 heavy (non-hydrogen) atoms. The maximum atomic E-state index is 13.3. The second kappa shape index (κ2) is 7.76. The summed E-state index contributed by atoms with van der Waals surface area (Å²) in [6, 6.07) is 18.4. The van der Waals surface area contributed by atoms with Gasteiger partial charge in [-0.05, 0) is 11.1 Å². The minimum absolute atomic E-state index is 0.0321. The highest BCUT2D eigenvalue weighted by molar-refractivity contribution is 7.98. The monoisotopic (exact) mass is 355 g/mol. The van der Waals surface area contributed by atoms with Crippen molar-refractivity contribution in [2.75, 3.05) is 24.7 Å². The molecule has 2 aromatic carbocycles. The first-order valence-corrected chi connectivity index (χ1v) is 10.5. The van der Waals surface area contributed by atoms with Gasteiger partial charge in [0, 0.05) is 21.9 Å². The van der Waals surface area contributed by atoms with Crippen LogP contribution in [0.2, 0.25) is 0 Å². The van der Waals surface area contributed by atoms with Crippen LogP contribution in [0.5, 0.6) is 0 Å². The van der Waals surface area contributed by atoms with Gasteiger partial charge >= 0.3 is 0 Å². The summed E-state index contributed by atoms with van der Waals surface area (Å²) >= 11 is 0. The summed E-state index contributed by atoms with van der Waals surface area (Å²) in [5.74, 6) is 2.31. The van der Waals surface area contributed by atoms with Gasteiger partial charge in [0.2, 0.25) is 5.78 Å². The number of benzene rings is 2. The molecule has 0 spiro atoms. The average Bonchev–Trinajstić information content (AvgIpc) is 2.62. The molecule has 1 heterocycles. The fraction of sp³-hybridized carbons (Fsp3) is 0.409. The van der Waals surface area contributed by atoms with E-state index >= 15 is 0 Å². The number of ether oxygens (including phenoxy) is 1. The molecule has 1 saturated heterocycles. The maximum absolute atomic E-state index is 13.3. The summed E-state index contributed by atoms with van der Waals surface area (Å²) in [5, 5.41) is 0.0685. The molecule has 0 aliphatic carbocycles. The second-order valence-corrected chi connectivity index (χ2v) is 9.97. The van der Waals surface area contributed by atoms with Crippen LogP contribution in [0.25, 0.3) is 11.1 Å². The number of carbonyl (C=O) groups is 1. The Kier molecular flexibility index (Phi) is 5.65. The Hall–Kier alpha value is -1.58. The van der Waals surface area contributed by atoms with Gasteiger partial charge in [-0.2, -0.15) is 0 Å². The van der Waals surface area contributed by atoms with Gasteiger partial charge in [0.05, 0.1) is 13.2 Å². The van der Waals surface area contributed by atoms with E-state index in [1.165, 1.54) is 5.56 Å². The molecular formula is C22H27O2S+. The van der Waals surface area contributed by atoms with E-state index in [1.807, 2.05) is 30.3 Å². The summed E-state index contributed by atoms with van der Waals surface area (Å²) in [5.41, 5.74) is 3.13. The third kappa shape index (κ3) is 4.34. The molecule has 132 valence electrons. The van der Waals surface area contributed by atoms with Crippen molar-refractivity contribution < 1.29 is 9.53 Å². The molecule has 0 radical (unpaired) electrons. The summed E-state index contributed by atoms with van der Waals surface area (Å²) in [6.07, 6.45) is 0. The van der Waals surface area contributed by atoms with E-state index in [1.54, 1.807) is 0 Å². The maximum Gasteiger partial charge on any atom is 0.215 e. The lowest BCUT2D eigenvalue weighted by Crippen LogP contribution is -2.47. The van der Waals surface area contributed by atoms with Crippen LogP contribution in [0.1, 0.15) is 31.1 Å². The smallest absolute Gasteiger partial charge is 0.215 e. The molecule has 0 N–H and O–H groups in total. The molecule has 0 saturated carbocycles. The minimum Gasteiger partial charge on any atom is -0.372 e. The van der Waals surface area contributed by atoms with E-state index in [9.17, 15) is 4.79 Å². The van der Waals surface area contributed by atoms with Gasteiger partial charge in [0.15, 0.2) is 5.25 Å². The normalized spacial score (nSPS) is 17.2. The van der Waals surface area contributed by atoms with Crippen LogP contribution in [0.3, 0.4) is 0 Å². The topological polar surface area (TPSA) is 26.3 Å². The van der Waals surface area contributed by atoms with Crippen molar-refractivity contribution in [1.29, 1.82) is 0 Å². The van der Waals surface area contributed by atoms with E-state index < -0.39 is 0 Å². The van der Waals surface area contributed by atoms with E-state index in [0.717, 1.165) is 35.8 Å². The molecule has 1 unspecified atom stereocenters. The third-order valence-corrected chi connectivity index (χ3v) is 7.58. The van der Waals surface area contributed by atoms with Crippen molar-refractivity contribution in [2.24, 2.45) is 5.41 Å². The molecule has 1 aliphatic rings. The Morgan fingerprint density at radius 2 is 1.48 bits per heavy atom. The molecular weight excluding hydrogens is 328 g/mol. The number of carbonyl (C=O) groups excluding carboxylic acids is 1. The SMILES string of the molecule is CC(C)(C)C(C(=O)c1ccc(-c2ccccc2)cc1)[S+]1CCOCC1. The molecule has 3 rings (SSSR count). The van der Waals surface area contributed by atoms with E-state index in [4.69, 9.17) is 4.74 Å². The lowest BCUT2D eigenvalue weighted by molar-refractivity contribution is 0.0946. The average molecular weight is 356 g/mol. The Bertz CT molecular complexity index is 695. The van der Waals surface area contributed by atoms with Crippen molar-refractivity contribution >= 4 is 16.7 Å². The van der Waals surface area contributed by atoms with Crippen LogP contribution >= 0.6 is 0 Å². The first-order valence-electron chi connectivity index (χ1n) is 8.90. The predicted octanol–water partition coefficient (Wildman–Crippen LogP) is 4.60. The zero-order valence-corrected chi connectivity index (χ0v) is 16.1. The lowest BCUT2D eigenvalue weighted by atomic mass is 9.86. The fourth-order valence-electron chi connectivity index (χ4n) is 3.43. The van der Waals surface area contributed by atoms with Crippen LogP contribution in [0, 0.1) is 5.41 Å². The molecule has 2 nitrogen and oxygen atoms in total. The highest BCUT2D eigenvalue weighted by atomic mass is 32.2. The van der Waals surface area contributed by atoms with Gasteiger partial charge in [-0.1, -0.05) is 75.4 Å². The molecule has 0 aromatic heterocycles. The molecule has 1 fully saturated rings. The highest BCUT2D eigenvalue weighted by Crippen LogP contribution is 2.32. The highest BCUT2D eigenvalue weighted by Gasteiger charge is 2.46. The van der Waals surface area contributed by atoms with Crippen LogP contribution < -0.4 is 0 Å². The minimum atomic E-state index is -0.0321. The fourth-order valence-corrected chi connectivity index (χ4v) is 6.20. The van der Waals surface area contributed by atoms with Gasteiger partial charge < -0.3 is 4.74 Å². The molecule has 1 atom stereocenters. The van der Waals surface area contributed by atoms with Crippen molar-refractivity contribution in [2.45, 2.75) is 26.0 Å². The van der Waals surface area contributed by atoms with E-state index in [2.05, 4.69) is 45.0 Å². The van der Waals surface area contributed by atoms with Crippen molar-refractivity contribution in [3.05, 3.63) is 60.2 Å². The number of Topliss-reactive ketones (excluding diaryl/α,β-unsaturated/α-hetero) is 1.